The Balaban J connectivity index is 2.86. The highest BCUT2D eigenvalue weighted by Crippen LogP contribution is 2.22. The van der Waals surface area contributed by atoms with Crippen molar-refractivity contribution in [2.75, 3.05) is 0 Å². The summed E-state index contributed by atoms with van der Waals surface area (Å²) in [7, 11) is 0. The fraction of sp³-hybridized carbons (Fsp3) is 0. The van der Waals surface area contributed by atoms with Crippen molar-refractivity contribution >= 4 is 22.5 Å². The van der Waals surface area contributed by atoms with Crippen LogP contribution in [-0.4, -0.2) is 15.1 Å². The monoisotopic (exact) mass is 180 g/mol. The Morgan fingerprint density at radius 2 is 2.17 bits per heavy atom. The number of nitrogens with zero attached hydrogens (tertiary/aromatic N) is 2. The molecule has 0 unspecified atom stereocenters. The maximum absolute atomic E-state index is 9.34. The molecular formula is C8H5ClN2O. The molecule has 2 rings (SSSR count). The van der Waals surface area contributed by atoms with E-state index in [0.717, 1.165) is 0 Å². The van der Waals surface area contributed by atoms with E-state index in [9.17, 15) is 5.11 Å². The van der Waals surface area contributed by atoms with E-state index in [4.69, 9.17) is 11.6 Å². The van der Waals surface area contributed by atoms with Gasteiger partial charge in [0.05, 0.1) is 10.9 Å². The predicted molar refractivity (Wildman–Crippen MR) is 46.2 cm³/mol. The molecule has 3 nitrogen and oxygen atoms in total. The standard InChI is InChI=1S/C8H5ClN2O/c9-8-10-4-5-6(11-8)2-1-3-7(5)12/h1-4,12H. The Kier molecular flexibility index (Phi) is 1.59. The normalized spacial score (nSPS) is 10.4. The lowest BCUT2D eigenvalue weighted by Gasteiger charge is -1.97. The zero-order valence-corrected chi connectivity index (χ0v) is 6.78. The second-order valence-electron chi connectivity index (χ2n) is 2.35. The summed E-state index contributed by atoms with van der Waals surface area (Å²) in [6.07, 6.45) is 1.50. The fourth-order valence-corrected chi connectivity index (χ4v) is 1.16. The van der Waals surface area contributed by atoms with Crippen molar-refractivity contribution in [1.29, 1.82) is 0 Å². The Labute approximate surface area is 73.6 Å². The van der Waals surface area contributed by atoms with Crippen molar-refractivity contribution in [3.8, 4) is 5.75 Å². The molecule has 0 atom stereocenters. The zero-order valence-electron chi connectivity index (χ0n) is 6.03. The SMILES string of the molecule is Oc1cccc2nc(Cl)ncc12. The molecule has 0 saturated carbocycles. The van der Waals surface area contributed by atoms with E-state index in [2.05, 4.69) is 9.97 Å². The number of aromatic nitrogens is 2. The number of halogens is 1. The lowest BCUT2D eigenvalue weighted by atomic mass is 10.2. The number of hydrogen-bond donors (Lipinski definition) is 1. The molecule has 1 aromatic heterocycles. The van der Waals surface area contributed by atoms with Gasteiger partial charge in [0, 0.05) is 6.20 Å². The third kappa shape index (κ3) is 1.08. The minimum atomic E-state index is 0.171. The van der Waals surface area contributed by atoms with Crippen LogP contribution in [0.15, 0.2) is 24.4 Å². The molecule has 1 heterocycles. The molecule has 0 radical (unpaired) electrons. The summed E-state index contributed by atoms with van der Waals surface area (Å²) in [5.74, 6) is 0.171. The molecule has 0 saturated heterocycles. The van der Waals surface area contributed by atoms with Gasteiger partial charge in [0.15, 0.2) is 0 Å². The molecule has 12 heavy (non-hydrogen) atoms. The summed E-state index contributed by atoms with van der Waals surface area (Å²) < 4.78 is 0. The van der Waals surface area contributed by atoms with Gasteiger partial charge in [-0.05, 0) is 23.7 Å². The lowest BCUT2D eigenvalue weighted by molar-refractivity contribution is 0.481. The highest BCUT2D eigenvalue weighted by Gasteiger charge is 2.00. The van der Waals surface area contributed by atoms with Gasteiger partial charge in [0.25, 0.3) is 0 Å². The van der Waals surface area contributed by atoms with Gasteiger partial charge in [0.1, 0.15) is 5.75 Å². The number of rotatable bonds is 0. The maximum atomic E-state index is 9.34. The van der Waals surface area contributed by atoms with Crippen LogP contribution in [0.4, 0.5) is 0 Å². The topological polar surface area (TPSA) is 46.0 Å². The molecule has 0 aliphatic heterocycles. The lowest BCUT2D eigenvalue weighted by Crippen LogP contribution is -1.83. The molecule has 2 aromatic rings. The average Bonchev–Trinajstić information content (AvgIpc) is 2.04. The van der Waals surface area contributed by atoms with Crippen LogP contribution in [-0.2, 0) is 0 Å². The molecule has 0 bridgehead atoms. The van der Waals surface area contributed by atoms with Crippen LogP contribution in [0.25, 0.3) is 10.9 Å². The van der Waals surface area contributed by atoms with Crippen LogP contribution in [0.1, 0.15) is 0 Å². The molecule has 4 heteroatoms. The van der Waals surface area contributed by atoms with Crippen molar-refractivity contribution in [2.45, 2.75) is 0 Å². The van der Waals surface area contributed by atoms with Crippen molar-refractivity contribution in [2.24, 2.45) is 0 Å². The van der Waals surface area contributed by atoms with Crippen molar-refractivity contribution < 1.29 is 5.11 Å². The minimum Gasteiger partial charge on any atom is -0.507 e. The maximum Gasteiger partial charge on any atom is 0.222 e. The van der Waals surface area contributed by atoms with Crippen molar-refractivity contribution in [3.63, 3.8) is 0 Å². The van der Waals surface area contributed by atoms with Gasteiger partial charge < -0.3 is 5.11 Å². The molecule has 0 fully saturated rings. The smallest absolute Gasteiger partial charge is 0.222 e. The molecule has 1 aromatic carbocycles. The van der Waals surface area contributed by atoms with Crippen LogP contribution in [0.3, 0.4) is 0 Å². The first-order valence-corrected chi connectivity index (χ1v) is 3.75. The van der Waals surface area contributed by atoms with Gasteiger partial charge in [-0.15, -0.1) is 0 Å². The molecule has 1 N–H and O–H groups in total. The Hall–Kier alpha value is -1.35. The summed E-state index contributed by atoms with van der Waals surface area (Å²) in [6, 6.07) is 5.06. The van der Waals surface area contributed by atoms with Gasteiger partial charge in [0.2, 0.25) is 5.28 Å². The first kappa shape index (κ1) is 7.31. The number of hydrogen-bond acceptors (Lipinski definition) is 3. The van der Waals surface area contributed by atoms with Crippen LogP contribution in [0, 0.1) is 0 Å². The first-order chi connectivity index (χ1) is 5.77. The first-order valence-electron chi connectivity index (χ1n) is 3.37. The van der Waals surface area contributed by atoms with E-state index in [-0.39, 0.29) is 11.0 Å². The summed E-state index contributed by atoms with van der Waals surface area (Å²) in [6.45, 7) is 0. The summed E-state index contributed by atoms with van der Waals surface area (Å²) in [4.78, 5) is 7.69. The Morgan fingerprint density at radius 3 is 3.00 bits per heavy atom. The van der Waals surface area contributed by atoms with Gasteiger partial charge in [-0.1, -0.05) is 6.07 Å². The fourth-order valence-electron chi connectivity index (χ4n) is 1.02. The molecule has 0 amide bonds. The van der Waals surface area contributed by atoms with Gasteiger partial charge in [-0.2, -0.15) is 0 Å². The van der Waals surface area contributed by atoms with E-state index in [0.29, 0.717) is 10.9 Å². The van der Waals surface area contributed by atoms with E-state index in [1.807, 2.05) is 0 Å². The molecule has 60 valence electrons. The van der Waals surface area contributed by atoms with Crippen LogP contribution in [0.5, 0.6) is 5.75 Å². The Bertz CT molecular complexity index is 430. The number of aromatic hydroxyl groups is 1. The van der Waals surface area contributed by atoms with E-state index in [1.54, 1.807) is 18.2 Å². The van der Waals surface area contributed by atoms with Crippen molar-refractivity contribution in [1.82, 2.24) is 9.97 Å². The van der Waals surface area contributed by atoms with E-state index < -0.39 is 0 Å². The summed E-state index contributed by atoms with van der Waals surface area (Å²) in [5, 5.41) is 10.1. The number of phenols is 1. The average molecular weight is 181 g/mol. The Morgan fingerprint density at radius 1 is 1.33 bits per heavy atom. The molecule has 0 aliphatic rings. The van der Waals surface area contributed by atoms with Crippen LogP contribution >= 0.6 is 11.6 Å². The van der Waals surface area contributed by atoms with E-state index in [1.165, 1.54) is 6.20 Å². The largest absolute Gasteiger partial charge is 0.507 e. The summed E-state index contributed by atoms with van der Waals surface area (Å²) >= 11 is 5.57. The highest BCUT2D eigenvalue weighted by molar-refractivity contribution is 6.28. The number of benzene rings is 1. The number of phenolic OH excluding ortho intramolecular Hbond substituents is 1. The number of fused-ring (bicyclic) bond motifs is 1. The van der Waals surface area contributed by atoms with Crippen molar-refractivity contribution in [3.05, 3.63) is 29.7 Å². The second-order valence-corrected chi connectivity index (χ2v) is 2.69. The van der Waals surface area contributed by atoms with E-state index >= 15 is 0 Å². The molecule has 0 spiro atoms. The van der Waals surface area contributed by atoms with Gasteiger partial charge >= 0.3 is 0 Å². The third-order valence-corrected chi connectivity index (χ3v) is 1.76. The summed E-state index contributed by atoms with van der Waals surface area (Å²) in [5.41, 5.74) is 0.648. The van der Waals surface area contributed by atoms with Gasteiger partial charge in [-0.3, -0.25) is 0 Å². The highest BCUT2D eigenvalue weighted by atomic mass is 35.5. The van der Waals surface area contributed by atoms with Crippen LogP contribution < -0.4 is 0 Å². The molecule has 0 aliphatic carbocycles. The quantitative estimate of drug-likeness (QED) is 0.631. The molecular weight excluding hydrogens is 176 g/mol. The predicted octanol–water partition coefficient (Wildman–Crippen LogP) is 1.99. The third-order valence-electron chi connectivity index (χ3n) is 1.57. The second kappa shape index (κ2) is 2.60. The minimum absolute atomic E-state index is 0.171. The van der Waals surface area contributed by atoms with Gasteiger partial charge in [-0.25, -0.2) is 9.97 Å². The van der Waals surface area contributed by atoms with Crippen LogP contribution in [0.2, 0.25) is 5.28 Å². The zero-order chi connectivity index (χ0) is 8.55.